The number of rotatable bonds is 3. The fraction of sp³-hybridized carbons (Fsp3) is 0.538. The molecule has 1 rings (SSSR count). The van der Waals surface area contributed by atoms with E-state index in [1.54, 1.807) is 6.07 Å². The number of hydrogen-bond donors (Lipinski definition) is 1. The quantitative estimate of drug-likeness (QED) is 0.675. The van der Waals surface area contributed by atoms with Crippen LogP contribution in [-0.4, -0.2) is 11.0 Å². The van der Waals surface area contributed by atoms with Gasteiger partial charge < -0.3 is 5.73 Å². The fourth-order valence-electron chi connectivity index (χ4n) is 1.61. The van der Waals surface area contributed by atoms with Crippen LogP contribution in [0.15, 0.2) is 12.1 Å². The molecule has 0 bridgehead atoms. The molecule has 0 amide bonds. The summed E-state index contributed by atoms with van der Waals surface area (Å²) >= 11 is 5.91. The maximum absolute atomic E-state index is 10.8. The Morgan fingerprint density at radius 2 is 2.00 bits per heavy atom. The van der Waals surface area contributed by atoms with Crippen molar-refractivity contribution >= 4 is 17.3 Å². The Hall–Kier alpha value is -1.13. The minimum absolute atomic E-state index is 0.0132. The van der Waals surface area contributed by atoms with Crippen molar-refractivity contribution in [3.05, 3.63) is 38.4 Å². The molecule has 0 heterocycles. The van der Waals surface area contributed by atoms with Crippen LogP contribution in [0.1, 0.15) is 31.9 Å². The second-order valence-corrected chi connectivity index (χ2v) is 6.07. The summed E-state index contributed by atoms with van der Waals surface area (Å²) in [6.45, 7) is 8.05. The van der Waals surface area contributed by atoms with E-state index in [0.29, 0.717) is 6.42 Å². The van der Waals surface area contributed by atoms with Crippen molar-refractivity contribution in [1.82, 2.24) is 0 Å². The minimum Gasteiger partial charge on any atom is -0.327 e. The van der Waals surface area contributed by atoms with Crippen LogP contribution >= 0.6 is 11.6 Å². The Morgan fingerprint density at radius 3 is 2.44 bits per heavy atom. The van der Waals surface area contributed by atoms with E-state index >= 15 is 0 Å². The number of nitro benzene ring substituents is 1. The van der Waals surface area contributed by atoms with E-state index in [1.807, 2.05) is 6.92 Å². The molecule has 2 N–H and O–H groups in total. The molecule has 0 aliphatic carbocycles. The largest absolute Gasteiger partial charge is 0.327 e. The van der Waals surface area contributed by atoms with Gasteiger partial charge in [-0.15, -0.1) is 0 Å². The lowest BCUT2D eigenvalue weighted by molar-refractivity contribution is -0.384. The Morgan fingerprint density at radius 1 is 1.44 bits per heavy atom. The highest BCUT2D eigenvalue weighted by Crippen LogP contribution is 2.30. The van der Waals surface area contributed by atoms with Crippen LogP contribution < -0.4 is 5.73 Å². The lowest BCUT2D eigenvalue weighted by Crippen LogP contribution is -2.37. The van der Waals surface area contributed by atoms with Crippen LogP contribution in [0, 0.1) is 22.5 Å². The van der Waals surface area contributed by atoms with Crippen molar-refractivity contribution in [3.8, 4) is 0 Å². The van der Waals surface area contributed by atoms with Gasteiger partial charge in [-0.05, 0) is 36.0 Å². The molecule has 0 radical (unpaired) electrons. The Bertz CT molecular complexity index is 467. The Labute approximate surface area is 112 Å². The third-order valence-corrected chi connectivity index (χ3v) is 3.46. The molecular weight excluding hydrogens is 252 g/mol. The molecule has 0 aliphatic heterocycles. The predicted molar refractivity (Wildman–Crippen MR) is 74.0 cm³/mol. The van der Waals surface area contributed by atoms with Gasteiger partial charge in [0.2, 0.25) is 0 Å². The predicted octanol–water partition coefficient (Wildman–Crippen LogP) is 3.47. The molecule has 1 aromatic carbocycles. The molecule has 0 fully saturated rings. The first-order chi connectivity index (χ1) is 8.12. The molecule has 1 aromatic rings. The van der Waals surface area contributed by atoms with Gasteiger partial charge in [-0.2, -0.15) is 0 Å². The minimum atomic E-state index is -0.469. The van der Waals surface area contributed by atoms with Gasteiger partial charge in [0, 0.05) is 12.1 Å². The van der Waals surface area contributed by atoms with Gasteiger partial charge in [0.25, 0.3) is 5.69 Å². The lowest BCUT2D eigenvalue weighted by atomic mass is 9.83. The average molecular weight is 271 g/mol. The van der Waals surface area contributed by atoms with Crippen molar-refractivity contribution in [1.29, 1.82) is 0 Å². The zero-order valence-electron chi connectivity index (χ0n) is 11.2. The van der Waals surface area contributed by atoms with Crippen LogP contribution in [-0.2, 0) is 6.42 Å². The van der Waals surface area contributed by atoms with Crippen LogP contribution in [0.2, 0.25) is 5.02 Å². The number of halogens is 1. The molecule has 100 valence electrons. The third-order valence-electron chi connectivity index (χ3n) is 3.15. The number of nitrogens with zero attached hydrogens (tertiary/aromatic N) is 1. The van der Waals surface area contributed by atoms with Crippen molar-refractivity contribution in [2.45, 2.75) is 40.2 Å². The molecule has 0 spiro atoms. The standard InChI is InChI=1S/C13H19ClN2O2/c1-8-5-11(16(17)18)10(14)6-9(8)7-12(15)13(2,3)4/h5-6,12H,7,15H2,1-4H3. The van der Waals surface area contributed by atoms with E-state index < -0.39 is 4.92 Å². The summed E-state index contributed by atoms with van der Waals surface area (Å²) < 4.78 is 0. The lowest BCUT2D eigenvalue weighted by Gasteiger charge is -2.27. The molecule has 5 heteroatoms. The van der Waals surface area contributed by atoms with E-state index in [-0.39, 0.29) is 22.2 Å². The van der Waals surface area contributed by atoms with E-state index in [0.717, 1.165) is 11.1 Å². The zero-order valence-corrected chi connectivity index (χ0v) is 11.9. The van der Waals surface area contributed by atoms with Crippen LogP contribution in [0.25, 0.3) is 0 Å². The summed E-state index contributed by atoms with van der Waals surface area (Å²) in [6, 6.07) is 3.14. The molecule has 1 unspecified atom stereocenters. The highest BCUT2D eigenvalue weighted by molar-refractivity contribution is 6.32. The summed E-state index contributed by atoms with van der Waals surface area (Å²) in [5, 5.41) is 10.9. The van der Waals surface area contributed by atoms with Gasteiger partial charge in [-0.25, -0.2) is 0 Å². The summed E-state index contributed by atoms with van der Waals surface area (Å²) in [6.07, 6.45) is 0.660. The summed E-state index contributed by atoms with van der Waals surface area (Å²) in [5.74, 6) is 0. The molecular formula is C13H19ClN2O2. The van der Waals surface area contributed by atoms with Gasteiger partial charge in [-0.3, -0.25) is 10.1 Å². The first-order valence-electron chi connectivity index (χ1n) is 5.82. The summed E-state index contributed by atoms with van der Waals surface area (Å²) in [7, 11) is 0. The second-order valence-electron chi connectivity index (χ2n) is 5.66. The first-order valence-corrected chi connectivity index (χ1v) is 6.19. The van der Waals surface area contributed by atoms with Crippen molar-refractivity contribution in [2.75, 3.05) is 0 Å². The van der Waals surface area contributed by atoms with E-state index in [2.05, 4.69) is 20.8 Å². The Kier molecular flexibility index (Phi) is 4.35. The van der Waals surface area contributed by atoms with Gasteiger partial charge in [0.05, 0.1) is 4.92 Å². The first kappa shape index (κ1) is 14.9. The van der Waals surface area contributed by atoms with Gasteiger partial charge in [-0.1, -0.05) is 32.4 Å². The SMILES string of the molecule is Cc1cc([N+](=O)[O-])c(Cl)cc1CC(N)C(C)(C)C. The van der Waals surface area contributed by atoms with Gasteiger partial charge >= 0.3 is 0 Å². The maximum atomic E-state index is 10.8. The molecule has 0 saturated heterocycles. The smallest absolute Gasteiger partial charge is 0.288 e. The number of nitro groups is 1. The van der Waals surface area contributed by atoms with Crippen LogP contribution in [0.4, 0.5) is 5.69 Å². The molecule has 1 atom stereocenters. The number of hydrogen-bond acceptors (Lipinski definition) is 3. The summed E-state index contributed by atoms with van der Waals surface area (Å²) in [5.41, 5.74) is 7.87. The number of aryl methyl sites for hydroxylation is 1. The second kappa shape index (κ2) is 5.24. The average Bonchev–Trinajstić information content (AvgIpc) is 2.21. The van der Waals surface area contributed by atoms with Gasteiger partial charge in [0.1, 0.15) is 5.02 Å². The molecule has 18 heavy (non-hydrogen) atoms. The van der Waals surface area contributed by atoms with Crippen molar-refractivity contribution < 1.29 is 4.92 Å². The van der Waals surface area contributed by atoms with Crippen LogP contribution in [0.5, 0.6) is 0 Å². The number of benzene rings is 1. The van der Waals surface area contributed by atoms with Crippen molar-refractivity contribution in [2.24, 2.45) is 11.1 Å². The monoisotopic (exact) mass is 270 g/mol. The molecule has 0 saturated carbocycles. The number of nitrogens with two attached hydrogens (primary N) is 1. The van der Waals surface area contributed by atoms with E-state index in [1.165, 1.54) is 6.07 Å². The Balaban J connectivity index is 3.06. The maximum Gasteiger partial charge on any atom is 0.288 e. The molecule has 4 nitrogen and oxygen atoms in total. The zero-order chi connectivity index (χ0) is 14.1. The fourth-order valence-corrected chi connectivity index (χ4v) is 1.87. The normalized spacial score (nSPS) is 13.4. The topological polar surface area (TPSA) is 69.2 Å². The van der Waals surface area contributed by atoms with Crippen molar-refractivity contribution in [3.63, 3.8) is 0 Å². The highest BCUT2D eigenvalue weighted by atomic mass is 35.5. The van der Waals surface area contributed by atoms with E-state index in [9.17, 15) is 10.1 Å². The molecule has 0 aromatic heterocycles. The summed E-state index contributed by atoms with van der Waals surface area (Å²) in [4.78, 5) is 10.3. The van der Waals surface area contributed by atoms with Crippen LogP contribution in [0.3, 0.4) is 0 Å². The van der Waals surface area contributed by atoms with Gasteiger partial charge in [0.15, 0.2) is 0 Å². The molecule has 0 aliphatic rings. The third kappa shape index (κ3) is 3.43. The van der Waals surface area contributed by atoms with E-state index in [4.69, 9.17) is 17.3 Å². The highest BCUT2D eigenvalue weighted by Gasteiger charge is 2.23.